The summed E-state index contributed by atoms with van der Waals surface area (Å²) in [6.45, 7) is 5.71. The highest BCUT2D eigenvalue weighted by Gasteiger charge is 2.13. The van der Waals surface area contributed by atoms with Crippen molar-refractivity contribution in [1.82, 2.24) is 5.43 Å². The van der Waals surface area contributed by atoms with E-state index in [9.17, 15) is 9.59 Å². The van der Waals surface area contributed by atoms with Crippen LogP contribution in [-0.2, 0) is 4.79 Å². The van der Waals surface area contributed by atoms with Gasteiger partial charge in [-0.05, 0) is 73.9 Å². The Hall–Kier alpha value is -4.13. The molecule has 0 heterocycles. The fraction of sp³-hybridized carbons (Fsp3) is 0.192. The van der Waals surface area contributed by atoms with Crippen LogP contribution in [0.3, 0.4) is 0 Å². The van der Waals surface area contributed by atoms with Gasteiger partial charge in [-0.15, -0.1) is 0 Å². The molecule has 0 fully saturated rings. The lowest BCUT2D eigenvalue weighted by molar-refractivity contribution is -0.123. The fourth-order valence-corrected chi connectivity index (χ4v) is 2.93. The number of carbonyl (C=O) groups is 2. The number of amides is 1. The maximum atomic E-state index is 12.4. The van der Waals surface area contributed by atoms with E-state index in [0.717, 1.165) is 16.7 Å². The van der Waals surface area contributed by atoms with Gasteiger partial charge in [0.05, 0.1) is 18.9 Å². The molecule has 0 spiro atoms. The lowest BCUT2D eigenvalue weighted by Crippen LogP contribution is -2.24. The number of esters is 1. The largest absolute Gasteiger partial charge is 0.493 e. The summed E-state index contributed by atoms with van der Waals surface area (Å²) < 4.78 is 16.3. The molecule has 0 aromatic heterocycles. The van der Waals surface area contributed by atoms with Crippen molar-refractivity contribution < 1.29 is 23.8 Å². The van der Waals surface area contributed by atoms with E-state index in [-0.39, 0.29) is 18.3 Å². The molecular formula is C26H26N2O5. The third-order valence-electron chi connectivity index (χ3n) is 4.99. The average Bonchev–Trinajstić information content (AvgIpc) is 2.81. The van der Waals surface area contributed by atoms with E-state index in [1.807, 2.05) is 51.1 Å². The molecule has 170 valence electrons. The molecule has 0 aliphatic carbocycles. The zero-order chi connectivity index (χ0) is 23.8. The van der Waals surface area contributed by atoms with Crippen LogP contribution in [0.15, 0.2) is 65.8 Å². The zero-order valence-corrected chi connectivity index (χ0v) is 19.0. The number of ether oxygens (including phenoxy) is 3. The first-order chi connectivity index (χ1) is 15.9. The van der Waals surface area contributed by atoms with Crippen LogP contribution in [0.25, 0.3) is 0 Å². The van der Waals surface area contributed by atoms with Crippen LogP contribution in [0.2, 0.25) is 0 Å². The van der Waals surface area contributed by atoms with Crippen molar-refractivity contribution in [2.75, 3.05) is 13.7 Å². The van der Waals surface area contributed by atoms with Gasteiger partial charge in [0.15, 0.2) is 18.1 Å². The Balaban J connectivity index is 1.57. The molecule has 1 N–H and O–H groups in total. The van der Waals surface area contributed by atoms with Crippen LogP contribution in [0, 0.1) is 20.8 Å². The maximum Gasteiger partial charge on any atom is 0.343 e. The minimum absolute atomic E-state index is 0.154. The van der Waals surface area contributed by atoms with E-state index in [1.165, 1.54) is 13.3 Å². The third-order valence-corrected chi connectivity index (χ3v) is 4.99. The highest BCUT2D eigenvalue weighted by Crippen LogP contribution is 2.28. The molecule has 7 nitrogen and oxygen atoms in total. The summed E-state index contributed by atoms with van der Waals surface area (Å²) >= 11 is 0. The van der Waals surface area contributed by atoms with Gasteiger partial charge >= 0.3 is 5.97 Å². The second kappa shape index (κ2) is 10.9. The summed E-state index contributed by atoms with van der Waals surface area (Å²) in [4.78, 5) is 24.4. The molecule has 3 aromatic carbocycles. The van der Waals surface area contributed by atoms with Gasteiger partial charge in [-0.1, -0.05) is 29.8 Å². The molecule has 0 bridgehead atoms. The first-order valence-corrected chi connectivity index (χ1v) is 10.3. The highest BCUT2D eigenvalue weighted by atomic mass is 16.6. The summed E-state index contributed by atoms with van der Waals surface area (Å²) in [5.74, 6) is 0.443. The van der Waals surface area contributed by atoms with E-state index < -0.39 is 5.97 Å². The van der Waals surface area contributed by atoms with E-state index in [0.29, 0.717) is 22.6 Å². The van der Waals surface area contributed by atoms with E-state index >= 15 is 0 Å². The van der Waals surface area contributed by atoms with Gasteiger partial charge in [0.2, 0.25) is 0 Å². The molecule has 0 aliphatic rings. The summed E-state index contributed by atoms with van der Waals surface area (Å²) in [6.07, 6.45) is 1.46. The quantitative estimate of drug-likeness (QED) is 0.240. The average molecular weight is 447 g/mol. The minimum atomic E-state index is -0.481. The Morgan fingerprint density at radius 3 is 2.42 bits per heavy atom. The normalized spacial score (nSPS) is 10.7. The standard InChI is InChI=1S/C26H26N2O5/c1-17-8-11-21(12-9-17)26(30)33-23-13-10-20(14-24(23)31-4)15-27-28-25(29)16-32-22-7-5-6-18(2)19(22)3/h5-15H,16H2,1-4H3,(H,28,29)/b27-15+. The molecule has 7 heteroatoms. The molecule has 0 saturated heterocycles. The van der Waals surface area contributed by atoms with Gasteiger partial charge in [-0.3, -0.25) is 4.79 Å². The highest BCUT2D eigenvalue weighted by molar-refractivity contribution is 5.91. The number of nitrogens with zero attached hydrogens (tertiary/aromatic N) is 1. The zero-order valence-electron chi connectivity index (χ0n) is 19.0. The summed E-state index contributed by atoms with van der Waals surface area (Å²) in [7, 11) is 1.48. The van der Waals surface area contributed by atoms with Crippen LogP contribution < -0.4 is 19.6 Å². The van der Waals surface area contributed by atoms with E-state index in [2.05, 4.69) is 10.5 Å². The molecule has 0 unspecified atom stereocenters. The van der Waals surface area contributed by atoms with Gasteiger partial charge in [-0.2, -0.15) is 5.10 Å². The fourth-order valence-electron chi connectivity index (χ4n) is 2.93. The lowest BCUT2D eigenvalue weighted by atomic mass is 10.1. The number of methoxy groups -OCH3 is 1. The second-order valence-electron chi connectivity index (χ2n) is 7.45. The van der Waals surface area contributed by atoms with E-state index in [4.69, 9.17) is 14.2 Å². The van der Waals surface area contributed by atoms with Gasteiger partial charge in [-0.25, -0.2) is 10.2 Å². The third kappa shape index (κ3) is 6.43. The molecule has 3 rings (SSSR count). The number of carbonyl (C=O) groups excluding carboxylic acids is 2. The smallest absolute Gasteiger partial charge is 0.343 e. The van der Waals surface area contributed by atoms with Crippen LogP contribution in [-0.4, -0.2) is 31.8 Å². The molecule has 0 aliphatic heterocycles. The minimum Gasteiger partial charge on any atom is -0.493 e. The first kappa shape index (κ1) is 23.5. The second-order valence-corrected chi connectivity index (χ2v) is 7.45. The Kier molecular flexibility index (Phi) is 7.81. The number of rotatable bonds is 8. The van der Waals surface area contributed by atoms with Crippen LogP contribution in [0.5, 0.6) is 17.2 Å². The van der Waals surface area contributed by atoms with Crippen LogP contribution >= 0.6 is 0 Å². The molecule has 1 amide bonds. The van der Waals surface area contributed by atoms with Crippen molar-refractivity contribution in [3.8, 4) is 17.2 Å². The molecule has 3 aromatic rings. The Bertz CT molecular complexity index is 1170. The molecular weight excluding hydrogens is 420 g/mol. The van der Waals surface area contributed by atoms with Crippen molar-refractivity contribution in [2.45, 2.75) is 20.8 Å². The van der Waals surface area contributed by atoms with Gasteiger partial charge in [0, 0.05) is 0 Å². The maximum absolute atomic E-state index is 12.4. The molecule has 0 atom stereocenters. The van der Waals surface area contributed by atoms with Crippen molar-refractivity contribution in [1.29, 1.82) is 0 Å². The SMILES string of the molecule is COc1cc(/C=N/NC(=O)COc2cccc(C)c2C)ccc1OC(=O)c1ccc(C)cc1. The Morgan fingerprint density at radius 1 is 0.939 bits per heavy atom. The van der Waals surface area contributed by atoms with Gasteiger partial charge in [0.1, 0.15) is 5.75 Å². The predicted molar refractivity (Wildman–Crippen MR) is 126 cm³/mol. The van der Waals surface area contributed by atoms with Crippen molar-refractivity contribution in [2.24, 2.45) is 5.10 Å². The summed E-state index contributed by atoms with van der Waals surface area (Å²) in [6, 6.07) is 17.7. The summed E-state index contributed by atoms with van der Waals surface area (Å²) in [5, 5.41) is 3.95. The Labute approximate surface area is 193 Å². The number of benzene rings is 3. The van der Waals surface area contributed by atoms with Crippen molar-refractivity contribution >= 4 is 18.1 Å². The first-order valence-electron chi connectivity index (χ1n) is 10.3. The predicted octanol–water partition coefficient (Wildman–Crippen LogP) is 4.37. The topological polar surface area (TPSA) is 86.2 Å². The monoisotopic (exact) mass is 446 g/mol. The summed E-state index contributed by atoms with van der Waals surface area (Å²) in [5.41, 5.74) is 6.65. The van der Waals surface area contributed by atoms with Gasteiger partial charge < -0.3 is 14.2 Å². The number of hydrazone groups is 1. The molecule has 0 saturated carbocycles. The van der Waals surface area contributed by atoms with Gasteiger partial charge in [0.25, 0.3) is 5.91 Å². The molecule has 33 heavy (non-hydrogen) atoms. The number of hydrogen-bond acceptors (Lipinski definition) is 6. The van der Waals surface area contributed by atoms with E-state index in [1.54, 1.807) is 30.3 Å². The van der Waals surface area contributed by atoms with Crippen molar-refractivity contribution in [3.63, 3.8) is 0 Å². The Morgan fingerprint density at radius 2 is 1.70 bits per heavy atom. The lowest BCUT2D eigenvalue weighted by Gasteiger charge is -2.10. The molecule has 0 radical (unpaired) electrons. The number of nitrogens with one attached hydrogen (secondary N) is 1. The van der Waals surface area contributed by atoms with Crippen LogP contribution in [0.4, 0.5) is 0 Å². The van der Waals surface area contributed by atoms with Crippen LogP contribution in [0.1, 0.15) is 32.6 Å². The van der Waals surface area contributed by atoms with Crippen molar-refractivity contribution in [3.05, 3.63) is 88.5 Å². The number of aryl methyl sites for hydroxylation is 2. The number of hydrogen-bond donors (Lipinski definition) is 1.